The number of nitrogens with two attached hydrogens (primary N) is 2. The molecule has 27 heavy (non-hydrogen) atoms. The second-order valence-electron chi connectivity index (χ2n) is 6.92. The number of hydrogen-bond acceptors (Lipinski definition) is 3. The average molecular weight is 364 g/mol. The number of carbonyl (C=O) groups excluding carboxylic acids is 1. The first kappa shape index (κ1) is 17.3. The third-order valence-corrected chi connectivity index (χ3v) is 5.17. The van der Waals surface area contributed by atoms with Crippen molar-refractivity contribution in [3.8, 4) is 0 Å². The monoisotopic (exact) mass is 364 g/mol. The lowest BCUT2D eigenvalue weighted by Gasteiger charge is -2.15. The summed E-state index contributed by atoms with van der Waals surface area (Å²) in [7, 11) is 0. The van der Waals surface area contributed by atoms with Crippen molar-refractivity contribution in [3.63, 3.8) is 0 Å². The molecule has 2 aromatic carbocycles. The predicted molar refractivity (Wildman–Crippen MR) is 104 cm³/mol. The maximum Gasteiger partial charge on any atom is 0.242 e. The van der Waals surface area contributed by atoms with Crippen LogP contribution < -0.4 is 11.5 Å². The van der Waals surface area contributed by atoms with E-state index in [2.05, 4.69) is 9.55 Å². The third-order valence-electron chi connectivity index (χ3n) is 5.17. The number of rotatable bonds is 4. The van der Waals surface area contributed by atoms with Crippen molar-refractivity contribution in [2.75, 3.05) is 5.73 Å². The highest BCUT2D eigenvalue weighted by molar-refractivity contribution is 5.99. The van der Waals surface area contributed by atoms with Crippen LogP contribution in [0.1, 0.15) is 42.9 Å². The molecule has 0 saturated heterocycles. The highest BCUT2D eigenvalue weighted by atomic mass is 19.1. The molecule has 1 saturated carbocycles. The zero-order chi connectivity index (χ0) is 19.0. The zero-order valence-corrected chi connectivity index (χ0v) is 14.9. The Labute approximate surface area is 156 Å². The molecule has 3 aromatic rings. The van der Waals surface area contributed by atoms with E-state index < -0.39 is 11.7 Å². The van der Waals surface area contributed by atoms with Gasteiger partial charge in [-0.3, -0.25) is 4.79 Å². The molecule has 0 bridgehead atoms. The van der Waals surface area contributed by atoms with Gasteiger partial charge in [-0.2, -0.15) is 0 Å². The standard InChI is InChI=1S/C21H21FN4O/c22-17-8-4-3-7-15(17)16(12-20(23)27)13-9-10-18-19(11-13)26(21(24)25-18)14-5-1-2-6-14/h3-4,7-12,14H,1-2,5-6H2,(H2,23,27)(H2,24,25)/b16-12+. The average Bonchev–Trinajstić information content (AvgIpc) is 3.26. The highest BCUT2D eigenvalue weighted by Gasteiger charge is 2.22. The van der Waals surface area contributed by atoms with E-state index in [1.54, 1.807) is 18.2 Å². The summed E-state index contributed by atoms with van der Waals surface area (Å²) in [5.41, 5.74) is 14.7. The SMILES string of the molecule is NC(=O)/C=C(\c1ccc2nc(N)n(C3CCCC3)c2c1)c1ccccc1F. The Morgan fingerprint density at radius 1 is 1.19 bits per heavy atom. The lowest BCUT2D eigenvalue weighted by Crippen LogP contribution is -2.09. The van der Waals surface area contributed by atoms with Gasteiger partial charge in [-0.05, 0) is 42.2 Å². The molecular weight excluding hydrogens is 343 g/mol. The van der Waals surface area contributed by atoms with E-state index in [0.29, 0.717) is 28.7 Å². The van der Waals surface area contributed by atoms with Crippen LogP contribution >= 0.6 is 0 Å². The summed E-state index contributed by atoms with van der Waals surface area (Å²) >= 11 is 0. The van der Waals surface area contributed by atoms with Gasteiger partial charge in [0.1, 0.15) is 5.82 Å². The molecular formula is C21H21FN4O. The highest BCUT2D eigenvalue weighted by Crippen LogP contribution is 2.36. The number of benzene rings is 2. The minimum absolute atomic E-state index is 0.322. The van der Waals surface area contributed by atoms with Gasteiger partial charge in [0.25, 0.3) is 0 Å². The number of imidazole rings is 1. The minimum Gasteiger partial charge on any atom is -0.369 e. The van der Waals surface area contributed by atoms with Crippen molar-refractivity contribution >= 4 is 28.5 Å². The number of fused-ring (bicyclic) bond motifs is 1. The maximum atomic E-state index is 14.4. The van der Waals surface area contributed by atoms with Gasteiger partial charge >= 0.3 is 0 Å². The topological polar surface area (TPSA) is 86.9 Å². The molecule has 1 aliphatic rings. The molecule has 0 unspecified atom stereocenters. The van der Waals surface area contributed by atoms with Crippen molar-refractivity contribution in [1.29, 1.82) is 0 Å². The summed E-state index contributed by atoms with van der Waals surface area (Å²) in [6.07, 6.45) is 5.74. The Bertz CT molecular complexity index is 1050. The van der Waals surface area contributed by atoms with E-state index in [0.717, 1.165) is 23.9 Å². The molecule has 1 aliphatic carbocycles. The van der Waals surface area contributed by atoms with Crippen molar-refractivity contribution in [2.24, 2.45) is 5.73 Å². The van der Waals surface area contributed by atoms with Gasteiger partial charge in [-0.25, -0.2) is 9.37 Å². The fraction of sp³-hybridized carbons (Fsp3) is 0.238. The van der Waals surface area contributed by atoms with E-state index in [-0.39, 0.29) is 0 Å². The van der Waals surface area contributed by atoms with E-state index in [9.17, 15) is 9.18 Å². The molecule has 4 rings (SSSR count). The zero-order valence-electron chi connectivity index (χ0n) is 14.9. The molecule has 0 spiro atoms. The van der Waals surface area contributed by atoms with Crippen molar-refractivity contribution in [3.05, 3.63) is 65.5 Å². The Balaban J connectivity index is 1.90. The number of amides is 1. The first-order valence-corrected chi connectivity index (χ1v) is 9.08. The Hall–Kier alpha value is -3.15. The van der Waals surface area contributed by atoms with Crippen LogP contribution in [0.3, 0.4) is 0 Å². The number of nitrogens with zero attached hydrogens (tertiary/aromatic N) is 2. The van der Waals surface area contributed by atoms with Crippen LogP contribution in [0.25, 0.3) is 16.6 Å². The predicted octanol–water partition coefficient (Wildman–Crippen LogP) is 3.79. The summed E-state index contributed by atoms with van der Waals surface area (Å²) in [6.45, 7) is 0. The van der Waals surface area contributed by atoms with Crippen LogP contribution in [0.4, 0.5) is 10.3 Å². The van der Waals surface area contributed by atoms with Crippen LogP contribution in [0.5, 0.6) is 0 Å². The second-order valence-corrected chi connectivity index (χ2v) is 6.92. The largest absolute Gasteiger partial charge is 0.369 e. The van der Waals surface area contributed by atoms with E-state index >= 15 is 0 Å². The van der Waals surface area contributed by atoms with Crippen LogP contribution in [-0.4, -0.2) is 15.5 Å². The molecule has 1 amide bonds. The molecule has 5 nitrogen and oxygen atoms in total. The van der Waals surface area contributed by atoms with Crippen LogP contribution in [0, 0.1) is 5.82 Å². The van der Waals surface area contributed by atoms with E-state index in [1.807, 2.05) is 18.2 Å². The second kappa shape index (κ2) is 6.87. The van der Waals surface area contributed by atoms with Gasteiger partial charge < -0.3 is 16.0 Å². The van der Waals surface area contributed by atoms with Crippen LogP contribution in [0.15, 0.2) is 48.5 Å². The molecule has 1 fully saturated rings. The Morgan fingerprint density at radius 2 is 1.93 bits per heavy atom. The summed E-state index contributed by atoms with van der Waals surface area (Å²) < 4.78 is 16.5. The van der Waals surface area contributed by atoms with Crippen LogP contribution in [-0.2, 0) is 4.79 Å². The number of primary amides is 1. The first-order chi connectivity index (χ1) is 13.0. The normalized spacial score (nSPS) is 15.5. The molecule has 0 atom stereocenters. The smallest absolute Gasteiger partial charge is 0.242 e. The molecule has 0 aliphatic heterocycles. The van der Waals surface area contributed by atoms with E-state index in [1.165, 1.54) is 25.0 Å². The number of anilines is 1. The summed E-state index contributed by atoms with van der Waals surface area (Å²) in [4.78, 5) is 16.1. The third kappa shape index (κ3) is 3.18. The molecule has 1 aromatic heterocycles. The summed E-state index contributed by atoms with van der Waals surface area (Å²) in [5.74, 6) is -0.550. The molecule has 138 valence electrons. The fourth-order valence-corrected chi connectivity index (χ4v) is 3.96. The van der Waals surface area contributed by atoms with Gasteiger partial charge in [0, 0.05) is 17.7 Å². The van der Waals surface area contributed by atoms with E-state index in [4.69, 9.17) is 11.5 Å². The number of aromatic nitrogens is 2. The van der Waals surface area contributed by atoms with Gasteiger partial charge in [-0.15, -0.1) is 0 Å². The minimum atomic E-state index is -0.628. The maximum absolute atomic E-state index is 14.4. The molecule has 4 N–H and O–H groups in total. The van der Waals surface area contributed by atoms with Gasteiger partial charge in [0.15, 0.2) is 0 Å². The van der Waals surface area contributed by atoms with Crippen molar-refractivity contribution < 1.29 is 9.18 Å². The lowest BCUT2D eigenvalue weighted by molar-refractivity contribution is -0.113. The Morgan fingerprint density at radius 3 is 2.63 bits per heavy atom. The van der Waals surface area contributed by atoms with Crippen molar-refractivity contribution in [2.45, 2.75) is 31.7 Å². The van der Waals surface area contributed by atoms with Crippen LogP contribution in [0.2, 0.25) is 0 Å². The fourth-order valence-electron chi connectivity index (χ4n) is 3.96. The summed E-state index contributed by atoms with van der Waals surface area (Å²) in [6, 6.07) is 12.2. The first-order valence-electron chi connectivity index (χ1n) is 9.08. The molecule has 0 radical (unpaired) electrons. The summed E-state index contributed by atoms with van der Waals surface area (Å²) in [5, 5.41) is 0. The van der Waals surface area contributed by atoms with Crippen molar-refractivity contribution in [1.82, 2.24) is 9.55 Å². The molecule has 1 heterocycles. The lowest BCUT2D eigenvalue weighted by atomic mass is 9.96. The number of hydrogen-bond donors (Lipinski definition) is 2. The van der Waals surface area contributed by atoms with Gasteiger partial charge in [0.05, 0.1) is 11.0 Å². The number of halogens is 1. The number of nitrogen functional groups attached to an aromatic ring is 1. The van der Waals surface area contributed by atoms with Gasteiger partial charge in [0.2, 0.25) is 11.9 Å². The quantitative estimate of drug-likeness (QED) is 0.691. The van der Waals surface area contributed by atoms with Gasteiger partial charge in [-0.1, -0.05) is 37.1 Å². The number of carbonyl (C=O) groups is 1. The molecule has 6 heteroatoms. The Kier molecular flexibility index (Phi) is 4.39.